The summed E-state index contributed by atoms with van der Waals surface area (Å²) < 4.78 is 38.7. The van der Waals surface area contributed by atoms with E-state index in [0.717, 1.165) is 12.1 Å². The number of anilines is 1. The Balaban J connectivity index is 2.31. The van der Waals surface area contributed by atoms with Crippen LogP contribution in [-0.4, -0.2) is 11.0 Å². The molecule has 0 spiro atoms. The summed E-state index contributed by atoms with van der Waals surface area (Å²) in [7, 11) is 0. The van der Waals surface area contributed by atoms with Crippen LogP contribution in [0.3, 0.4) is 0 Å². The van der Waals surface area contributed by atoms with E-state index in [0.29, 0.717) is 5.56 Å². The fraction of sp³-hybridized carbons (Fsp3) is 0.0588. The van der Waals surface area contributed by atoms with Crippen molar-refractivity contribution in [3.8, 4) is 11.8 Å². The number of benzene rings is 2. The minimum atomic E-state index is -4.63. The second kappa shape index (κ2) is 6.87. The zero-order valence-electron chi connectivity index (χ0n) is 12.1. The average Bonchev–Trinajstić information content (AvgIpc) is 2.52. The molecule has 0 bridgehead atoms. The third-order valence-electron chi connectivity index (χ3n) is 3.03. The maximum atomic E-state index is 12.9. The molecule has 0 fully saturated rings. The zero-order valence-corrected chi connectivity index (χ0v) is 12.1. The first kappa shape index (κ1) is 17.1. The Kier molecular flexibility index (Phi) is 4.90. The van der Waals surface area contributed by atoms with Crippen molar-refractivity contribution in [2.75, 3.05) is 5.32 Å². The second-order valence-electron chi connectivity index (χ2n) is 4.76. The number of carbonyl (C=O) groups excluding carboxylic acids is 1. The summed E-state index contributed by atoms with van der Waals surface area (Å²) in [5.41, 5.74) is -1.47. The van der Waals surface area contributed by atoms with Crippen LogP contribution in [0.15, 0.2) is 54.1 Å². The third-order valence-corrected chi connectivity index (χ3v) is 3.03. The van der Waals surface area contributed by atoms with E-state index in [1.54, 1.807) is 6.07 Å². The van der Waals surface area contributed by atoms with Gasteiger partial charge in [-0.1, -0.05) is 24.3 Å². The Bertz CT molecular complexity index is 836. The standard InChI is InChI=1S/C17H11F3N2O2/c18-17(19,20)14-6-1-2-7-15(14)22-16(24)12(10-21)8-11-4-3-5-13(23)9-11/h1-9,23H,(H,22,24). The van der Waals surface area contributed by atoms with Crippen molar-refractivity contribution in [3.05, 3.63) is 65.2 Å². The van der Waals surface area contributed by atoms with Gasteiger partial charge in [0.05, 0.1) is 11.3 Å². The van der Waals surface area contributed by atoms with Crippen LogP contribution in [0.5, 0.6) is 5.75 Å². The Morgan fingerprint density at radius 3 is 2.50 bits per heavy atom. The maximum Gasteiger partial charge on any atom is 0.418 e. The molecule has 2 N–H and O–H groups in total. The van der Waals surface area contributed by atoms with Gasteiger partial charge in [-0.3, -0.25) is 4.79 Å². The summed E-state index contributed by atoms with van der Waals surface area (Å²) in [6.07, 6.45) is -3.46. The second-order valence-corrected chi connectivity index (χ2v) is 4.76. The van der Waals surface area contributed by atoms with E-state index >= 15 is 0 Å². The van der Waals surface area contributed by atoms with Gasteiger partial charge in [-0.2, -0.15) is 18.4 Å². The van der Waals surface area contributed by atoms with Crippen molar-refractivity contribution in [2.45, 2.75) is 6.18 Å². The molecule has 0 saturated heterocycles. The average molecular weight is 332 g/mol. The first-order chi connectivity index (χ1) is 11.3. The molecule has 0 unspecified atom stereocenters. The SMILES string of the molecule is N#CC(=Cc1cccc(O)c1)C(=O)Nc1ccccc1C(F)(F)F. The van der Waals surface area contributed by atoms with E-state index in [1.165, 1.54) is 42.5 Å². The van der Waals surface area contributed by atoms with Gasteiger partial charge < -0.3 is 10.4 Å². The van der Waals surface area contributed by atoms with E-state index in [1.807, 2.05) is 0 Å². The van der Waals surface area contributed by atoms with Gasteiger partial charge in [0, 0.05) is 0 Å². The van der Waals surface area contributed by atoms with Crippen LogP contribution >= 0.6 is 0 Å². The number of nitriles is 1. The molecular weight excluding hydrogens is 321 g/mol. The molecule has 2 aromatic carbocycles. The number of phenolic OH excluding ortho intramolecular Hbond substituents is 1. The molecule has 7 heteroatoms. The minimum absolute atomic E-state index is 0.0659. The van der Waals surface area contributed by atoms with Gasteiger partial charge in [0.1, 0.15) is 17.4 Å². The van der Waals surface area contributed by atoms with Crippen molar-refractivity contribution >= 4 is 17.7 Å². The predicted octanol–water partition coefficient (Wildman–Crippen LogP) is 3.96. The number of carbonyl (C=O) groups is 1. The quantitative estimate of drug-likeness (QED) is 0.660. The first-order valence-electron chi connectivity index (χ1n) is 6.69. The number of phenols is 1. The summed E-state index contributed by atoms with van der Waals surface area (Å²) >= 11 is 0. The third kappa shape index (κ3) is 4.14. The number of aromatic hydroxyl groups is 1. The minimum Gasteiger partial charge on any atom is -0.508 e. The summed E-state index contributed by atoms with van der Waals surface area (Å²) in [6.45, 7) is 0. The molecule has 122 valence electrons. The van der Waals surface area contributed by atoms with Gasteiger partial charge in [-0.05, 0) is 35.9 Å². The zero-order chi connectivity index (χ0) is 17.7. The predicted molar refractivity (Wildman–Crippen MR) is 81.8 cm³/mol. The normalized spacial score (nSPS) is 11.7. The lowest BCUT2D eigenvalue weighted by molar-refractivity contribution is -0.137. The Hall–Kier alpha value is -3.27. The van der Waals surface area contributed by atoms with E-state index in [4.69, 9.17) is 5.26 Å². The molecule has 1 amide bonds. The number of nitrogens with zero attached hydrogens (tertiary/aromatic N) is 1. The van der Waals surface area contributed by atoms with Crippen LogP contribution in [0.4, 0.5) is 18.9 Å². The molecule has 0 radical (unpaired) electrons. The highest BCUT2D eigenvalue weighted by Crippen LogP contribution is 2.34. The number of hydrogen-bond acceptors (Lipinski definition) is 3. The van der Waals surface area contributed by atoms with E-state index in [-0.39, 0.29) is 5.75 Å². The lowest BCUT2D eigenvalue weighted by atomic mass is 10.1. The topological polar surface area (TPSA) is 73.1 Å². The molecule has 0 saturated carbocycles. The fourth-order valence-electron chi connectivity index (χ4n) is 1.96. The van der Waals surface area contributed by atoms with Gasteiger partial charge in [-0.25, -0.2) is 0 Å². The number of alkyl halides is 3. The summed E-state index contributed by atoms with van der Waals surface area (Å²) in [4.78, 5) is 12.1. The monoisotopic (exact) mass is 332 g/mol. The number of amides is 1. The van der Waals surface area contributed by atoms with Crippen LogP contribution in [0.1, 0.15) is 11.1 Å². The summed E-state index contributed by atoms with van der Waals surface area (Å²) in [5, 5.41) is 20.5. The van der Waals surface area contributed by atoms with E-state index in [2.05, 4.69) is 5.32 Å². The molecule has 24 heavy (non-hydrogen) atoms. The molecule has 4 nitrogen and oxygen atoms in total. The number of halogens is 3. The van der Waals surface area contributed by atoms with Crippen LogP contribution in [0.25, 0.3) is 6.08 Å². The molecule has 0 aromatic heterocycles. The number of rotatable bonds is 3. The number of hydrogen-bond donors (Lipinski definition) is 2. The van der Waals surface area contributed by atoms with E-state index in [9.17, 15) is 23.1 Å². The highest BCUT2D eigenvalue weighted by Gasteiger charge is 2.33. The van der Waals surface area contributed by atoms with Gasteiger partial charge in [0.2, 0.25) is 0 Å². The Morgan fingerprint density at radius 1 is 1.17 bits per heavy atom. The lowest BCUT2D eigenvalue weighted by Crippen LogP contribution is -2.17. The molecule has 0 aliphatic rings. The van der Waals surface area contributed by atoms with Crippen LogP contribution in [0, 0.1) is 11.3 Å². The molecule has 0 aliphatic carbocycles. The number of nitrogens with one attached hydrogen (secondary N) is 1. The summed E-state index contributed by atoms with van der Waals surface area (Å²) in [5.74, 6) is -1.04. The van der Waals surface area contributed by atoms with Crippen molar-refractivity contribution in [1.82, 2.24) is 0 Å². The number of para-hydroxylation sites is 1. The summed E-state index contributed by atoms with van der Waals surface area (Å²) in [6, 6.07) is 11.9. The molecule has 0 aliphatic heterocycles. The van der Waals surface area contributed by atoms with Crippen molar-refractivity contribution in [3.63, 3.8) is 0 Å². The smallest absolute Gasteiger partial charge is 0.418 e. The first-order valence-corrected chi connectivity index (χ1v) is 6.69. The van der Waals surface area contributed by atoms with Gasteiger partial charge in [0.15, 0.2) is 0 Å². The highest BCUT2D eigenvalue weighted by molar-refractivity contribution is 6.10. The van der Waals surface area contributed by atoms with Crippen molar-refractivity contribution in [1.29, 1.82) is 5.26 Å². The molecule has 2 aromatic rings. The van der Waals surface area contributed by atoms with Gasteiger partial charge in [-0.15, -0.1) is 0 Å². The molecule has 0 atom stereocenters. The molecule has 0 heterocycles. The lowest BCUT2D eigenvalue weighted by Gasteiger charge is -2.13. The largest absolute Gasteiger partial charge is 0.508 e. The Morgan fingerprint density at radius 2 is 1.88 bits per heavy atom. The molecular formula is C17H11F3N2O2. The fourth-order valence-corrected chi connectivity index (χ4v) is 1.96. The van der Waals surface area contributed by atoms with Crippen LogP contribution < -0.4 is 5.32 Å². The van der Waals surface area contributed by atoms with Gasteiger partial charge in [0.25, 0.3) is 5.91 Å². The van der Waals surface area contributed by atoms with Crippen LogP contribution in [0.2, 0.25) is 0 Å². The maximum absolute atomic E-state index is 12.9. The molecule has 2 rings (SSSR count). The van der Waals surface area contributed by atoms with Crippen molar-refractivity contribution in [2.24, 2.45) is 0 Å². The van der Waals surface area contributed by atoms with Crippen molar-refractivity contribution < 1.29 is 23.1 Å². The Labute approximate surface area is 135 Å². The highest BCUT2D eigenvalue weighted by atomic mass is 19.4. The van der Waals surface area contributed by atoms with Gasteiger partial charge >= 0.3 is 6.18 Å². The van der Waals surface area contributed by atoms with Crippen LogP contribution in [-0.2, 0) is 11.0 Å². The van der Waals surface area contributed by atoms with E-state index < -0.39 is 28.9 Å².